The van der Waals surface area contributed by atoms with E-state index in [1.165, 1.54) is 11.3 Å². The van der Waals surface area contributed by atoms with Crippen LogP contribution in [0.3, 0.4) is 0 Å². The number of hydrogen-bond acceptors (Lipinski definition) is 3. The van der Waals surface area contributed by atoms with Crippen LogP contribution >= 0.6 is 0 Å². The summed E-state index contributed by atoms with van der Waals surface area (Å²) in [6.45, 7) is 7.73. The van der Waals surface area contributed by atoms with Crippen LogP contribution in [0.2, 0.25) is 0 Å². The monoisotopic (exact) mass is 196 g/mol. The summed E-state index contributed by atoms with van der Waals surface area (Å²) in [5.41, 5.74) is 9.14. The van der Waals surface area contributed by atoms with Crippen LogP contribution in [0, 0.1) is 13.8 Å². The van der Waals surface area contributed by atoms with E-state index in [2.05, 4.69) is 24.3 Å². The number of hydrogen-bond donors (Lipinski definition) is 2. The van der Waals surface area contributed by atoms with Crippen molar-refractivity contribution in [1.82, 2.24) is 15.1 Å². The first kappa shape index (κ1) is 11.2. The second kappa shape index (κ2) is 4.57. The minimum atomic E-state index is 0.356. The highest BCUT2D eigenvalue weighted by Crippen LogP contribution is 2.11. The molecule has 1 aromatic heterocycles. The second-order valence-corrected chi connectivity index (χ2v) is 3.79. The summed E-state index contributed by atoms with van der Waals surface area (Å²) >= 11 is 0. The van der Waals surface area contributed by atoms with Gasteiger partial charge >= 0.3 is 0 Å². The smallest absolute Gasteiger partial charge is 0.0641 e. The third kappa shape index (κ3) is 2.33. The van der Waals surface area contributed by atoms with Gasteiger partial charge in [0.15, 0.2) is 0 Å². The van der Waals surface area contributed by atoms with E-state index in [0.717, 1.165) is 12.2 Å². The molecule has 0 aromatic carbocycles. The first-order valence-corrected chi connectivity index (χ1v) is 4.98. The fourth-order valence-corrected chi connectivity index (χ4v) is 1.43. The first-order valence-electron chi connectivity index (χ1n) is 4.98. The van der Waals surface area contributed by atoms with Crippen LogP contribution < -0.4 is 11.1 Å². The summed E-state index contributed by atoms with van der Waals surface area (Å²) in [6, 6.07) is 0.356. The van der Waals surface area contributed by atoms with Gasteiger partial charge < -0.3 is 11.1 Å². The Morgan fingerprint density at radius 2 is 2.14 bits per heavy atom. The van der Waals surface area contributed by atoms with Crippen LogP contribution in [-0.4, -0.2) is 22.4 Å². The molecule has 4 nitrogen and oxygen atoms in total. The lowest BCUT2D eigenvalue weighted by atomic mass is 10.2. The SMILES string of the molecule is Cc1nn(C)c(C)c1CN[C@H](C)CN. The fraction of sp³-hybridized carbons (Fsp3) is 0.700. The molecule has 14 heavy (non-hydrogen) atoms. The Hall–Kier alpha value is -0.870. The highest BCUT2D eigenvalue weighted by molar-refractivity contribution is 5.24. The molecule has 0 saturated heterocycles. The van der Waals surface area contributed by atoms with Gasteiger partial charge in [0.2, 0.25) is 0 Å². The van der Waals surface area contributed by atoms with Gasteiger partial charge in [-0.3, -0.25) is 4.68 Å². The highest BCUT2D eigenvalue weighted by Gasteiger charge is 2.09. The lowest BCUT2D eigenvalue weighted by Crippen LogP contribution is -2.32. The molecular formula is C10H20N4. The van der Waals surface area contributed by atoms with Crippen molar-refractivity contribution in [3.8, 4) is 0 Å². The summed E-state index contributed by atoms with van der Waals surface area (Å²) in [5.74, 6) is 0. The van der Waals surface area contributed by atoms with Crippen molar-refractivity contribution in [3.63, 3.8) is 0 Å². The predicted molar refractivity (Wildman–Crippen MR) is 58.0 cm³/mol. The zero-order chi connectivity index (χ0) is 10.7. The van der Waals surface area contributed by atoms with Gasteiger partial charge in [-0.1, -0.05) is 0 Å². The molecule has 1 atom stereocenters. The molecule has 3 N–H and O–H groups in total. The molecule has 0 aliphatic heterocycles. The largest absolute Gasteiger partial charge is 0.329 e. The molecule has 0 aliphatic rings. The normalized spacial score (nSPS) is 13.2. The number of aromatic nitrogens is 2. The van der Waals surface area contributed by atoms with E-state index in [-0.39, 0.29) is 0 Å². The summed E-state index contributed by atoms with van der Waals surface area (Å²) in [7, 11) is 1.97. The molecule has 80 valence electrons. The Kier molecular flexibility index (Phi) is 3.66. The van der Waals surface area contributed by atoms with Crippen molar-refractivity contribution in [2.45, 2.75) is 33.4 Å². The second-order valence-electron chi connectivity index (χ2n) is 3.79. The van der Waals surface area contributed by atoms with Crippen LogP contribution in [0.25, 0.3) is 0 Å². The van der Waals surface area contributed by atoms with Crippen molar-refractivity contribution in [1.29, 1.82) is 0 Å². The van der Waals surface area contributed by atoms with E-state index in [1.807, 2.05) is 18.7 Å². The van der Waals surface area contributed by atoms with Crippen molar-refractivity contribution in [2.24, 2.45) is 12.8 Å². The predicted octanol–water partition coefficient (Wildman–Crippen LogP) is 0.474. The maximum absolute atomic E-state index is 5.53. The van der Waals surface area contributed by atoms with Gasteiger partial charge in [-0.05, 0) is 20.8 Å². The Balaban J connectivity index is 2.67. The fourth-order valence-electron chi connectivity index (χ4n) is 1.43. The lowest BCUT2D eigenvalue weighted by Gasteiger charge is -2.11. The Labute approximate surface area is 85.5 Å². The summed E-state index contributed by atoms with van der Waals surface area (Å²) < 4.78 is 1.92. The van der Waals surface area contributed by atoms with E-state index >= 15 is 0 Å². The van der Waals surface area contributed by atoms with Gasteiger partial charge in [0, 0.05) is 37.4 Å². The molecular weight excluding hydrogens is 176 g/mol. The van der Waals surface area contributed by atoms with Crippen molar-refractivity contribution in [3.05, 3.63) is 17.0 Å². The molecule has 0 amide bonds. The Morgan fingerprint density at radius 3 is 2.57 bits per heavy atom. The molecule has 1 heterocycles. The zero-order valence-corrected chi connectivity index (χ0v) is 9.46. The van der Waals surface area contributed by atoms with Gasteiger partial charge in [-0.15, -0.1) is 0 Å². The average Bonchev–Trinajstić information content (AvgIpc) is 2.39. The van der Waals surface area contributed by atoms with Crippen LogP contribution in [-0.2, 0) is 13.6 Å². The average molecular weight is 196 g/mol. The van der Waals surface area contributed by atoms with Gasteiger partial charge in [-0.25, -0.2) is 0 Å². The van der Waals surface area contributed by atoms with E-state index in [9.17, 15) is 0 Å². The van der Waals surface area contributed by atoms with E-state index in [0.29, 0.717) is 12.6 Å². The molecule has 0 aliphatic carbocycles. The third-order valence-electron chi connectivity index (χ3n) is 2.64. The number of rotatable bonds is 4. The molecule has 0 bridgehead atoms. The van der Waals surface area contributed by atoms with Crippen LogP contribution in [0.4, 0.5) is 0 Å². The molecule has 0 spiro atoms. The molecule has 1 aromatic rings. The maximum atomic E-state index is 5.53. The molecule has 0 radical (unpaired) electrons. The van der Waals surface area contributed by atoms with Gasteiger partial charge in [0.1, 0.15) is 0 Å². The van der Waals surface area contributed by atoms with Gasteiger partial charge in [-0.2, -0.15) is 5.10 Å². The quantitative estimate of drug-likeness (QED) is 0.736. The number of nitrogens with one attached hydrogen (secondary N) is 1. The molecule has 4 heteroatoms. The summed E-state index contributed by atoms with van der Waals surface area (Å²) in [5, 5.41) is 7.73. The Morgan fingerprint density at radius 1 is 1.50 bits per heavy atom. The number of nitrogens with two attached hydrogens (primary N) is 1. The van der Waals surface area contributed by atoms with Crippen molar-refractivity contribution < 1.29 is 0 Å². The topological polar surface area (TPSA) is 55.9 Å². The minimum absolute atomic E-state index is 0.356. The third-order valence-corrected chi connectivity index (χ3v) is 2.64. The minimum Gasteiger partial charge on any atom is -0.329 e. The molecule has 0 unspecified atom stereocenters. The highest BCUT2D eigenvalue weighted by atomic mass is 15.3. The lowest BCUT2D eigenvalue weighted by molar-refractivity contribution is 0.554. The molecule has 0 saturated carbocycles. The van der Waals surface area contributed by atoms with Gasteiger partial charge in [0.05, 0.1) is 5.69 Å². The van der Waals surface area contributed by atoms with Crippen molar-refractivity contribution in [2.75, 3.05) is 6.54 Å². The van der Waals surface area contributed by atoms with E-state index in [4.69, 9.17) is 5.73 Å². The van der Waals surface area contributed by atoms with Crippen molar-refractivity contribution >= 4 is 0 Å². The number of nitrogens with zero attached hydrogens (tertiary/aromatic N) is 2. The Bertz CT molecular complexity index is 303. The van der Waals surface area contributed by atoms with E-state index < -0.39 is 0 Å². The number of aryl methyl sites for hydroxylation is 2. The van der Waals surface area contributed by atoms with E-state index in [1.54, 1.807) is 0 Å². The standard InChI is InChI=1S/C10H20N4/c1-7(5-11)12-6-10-8(2)13-14(4)9(10)3/h7,12H,5-6,11H2,1-4H3/t7-/m1/s1. The zero-order valence-electron chi connectivity index (χ0n) is 9.46. The summed E-state index contributed by atoms with van der Waals surface area (Å²) in [6.07, 6.45) is 0. The van der Waals surface area contributed by atoms with Crippen LogP contribution in [0.15, 0.2) is 0 Å². The van der Waals surface area contributed by atoms with Gasteiger partial charge in [0.25, 0.3) is 0 Å². The maximum Gasteiger partial charge on any atom is 0.0641 e. The van der Waals surface area contributed by atoms with Crippen LogP contribution in [0.1, 0.15) is 23.9 Å². The molecule has 1 rings (SSSR count). The van der Waals surface area contributed by atoms with Crippen LogP contribution in [0.5, 0.6) is 0 Å². The first-order chi connectivity index (χ1) is 6.56. The summed E-state index contributed by atoms with van der Waals surface area (Å²) in [4.78, 5) is 0. The molecule has 0 fully saturated rings.